The summed E-state index contributed by atoms with van der Waals surface area (Å²) in [5, 5.41) is 10.5. The molecule has 102 valence electrons. The summed E-state index contributed by atoms with van der Waals surface area (Å²) in [7, 11) is 0. The Kier molecular flexibility index (Phi) is 5.91. The van der Waals surface area contributed by atoms with Crippen molar-refractivity contribution in [1.82, 2.24) is 5.32 Å². The van der Waals surface area contributed by atoms with E-state index in [9.17, 15) is 13.2 Å². The lowest BCUT2D eigenvalue weighted by molar-refractivity contribution is -0.192. The van der Waals surface area contributed by atoms with Crippen LogP contribution in [0.5, 0.6) is 0 Å². The fraction of sp³-hybridized carbons (Fsp3) is 0.900. The van der Waals surface area contributed by atoms with Gasteiger partial charge in [0.1, 0.15) is 0 Å². The number of alkyl halides is 3. The van der Waals surface area contributed by atoms with Crippen molar-refractivity contribution in [3.63, 3.8) is 0 Å². The Bertz CT molecular complexity index is 243. The van der Waals surface area contributed by atoms with Crippen LogP contribution in [-0.2, 0) is 4.79 Å². The lowest BCUT2D eigenvalue weighted by atomic mass is 9.82. The second-order valence-corrected chi connectivity index (χ2v) is 4.65. The number of carboxylic acid groups (broad SMARTS) is 1. The van der Waals surface area contributed by atoms with E-state index in [1.165, 1.54) is 12.8 Å². The zero-order valence-corrected chi connectivity index (χ0v) is 9.97. The first-order valence-corrected chi connectivity index (χ1v) is 5.35. The zero-order valence-electron chi connectivity index (χ0n) is 9.97. The van der Waals surface area contributed by atoms with Crippen molar-refractivity contribution in [3.8, 4) is 0 Å². The van der Waals surface area contributed by atoms with Crippen LogP contribution >= 0.6 is 0 Å². The van der Waals surface area contributed by atoms with Gasteiger partial charge in [0.25, 0.3) is 0 Å². The van der Waals surface area contributed by atoms with Gasteiger partial charge in [-0.1, -0.05) is 0 Å². The minimum Gasteiger partial charge on any atom is -0.475 e. The number of hydrogen-bond acceptors (Lipinski definition) is 3. The van der Waals surface area contributed by atoms with Crippen LogP contribution in [0.3, 0.4) is 0 Å². The topological polar surface area (TPSA) is 75.3 Å². The molecule has 0 aromatic heterocycles. The Morgan fingerprint density at radius 1 is 1.29 bits per heavy atom. The van der Waals surface area contributed by atoms with E-state index >= 15 is 0 Å². The summed E-state index contributed by atoms with van der Waals surface area (Å²) < 4.78 is 31.7. The highest BCUT2D eigenvalue weighted by molar-refractivity contribution is 5.73. The maximum atomic E-state index is 10.6. The number of carboxylic acids is 1. The Hall–Kier alpha value is -0.820. The van der Waals surface area contributed by atoms with Crippen LogP contribution < -0.4 is 11.1 Å². The number of carbonyl (C=O) groups is 1. The molecule has 1 aliphatic rings. The third kappa shape index (κ3) is 7.17. The molecule has 1 fully saturated rings. The average Bonchev–Trinajstić information content (AvgIpc) is 2.17. The van der Waals surface area contributed by atoms with Crippen LogP contribution in [0.2, 0.25) is 0 Å². The molecule has 0 aliphatic carbocycles. The highest BCUT2D eigenvalue weighted by Gasteiger charge is 2.38. The predicted molar refractivity (Wildman–Crippen MR) is 57.6 cm³/mol. The third-order valence-corrected chi connectivity index (χ3v) is 2.63. The van der Waals surface area contributed by atoms with Crippen molar-refractivity contribution in [2.24, 2.45) is 11.7 Å². The Morgan fingerprint density at radius 2 is 1.65 bits per heavy atom. The molecule has 7 heteroatoms. The number of aliphatic carboxylic acids is 1. The summed E-state index contributed by atoms with van der Waals surface area (Å²) in [5.74, 6) is -2.04. The molecule has 1 rings (SSSR count). The number of halogens is 3. The lowest BCUT2D eigenvalue weighted by Crippen LogP contribution is -2.45. The van der Waals surface area contributed by atoms with Gasteiger partial charge in [-0.15, -0.1) is 0 Å². The predicted octanol–water partition coefficient (Wildman–Crippen LogP) is 1.36. The van der Waals surface area contributed by atoms with Crippen molar-refractivity contribution in [2.75, 3.05) is 13.1 Å². The van der Waals surface area contributed by atoms with Crippen LogP contribution in [0.15, 0.2) is 0 Å². The smallest absolute Gasteiger partial charge is 0.475 e. The van der Waals surface area contributed by atoms with Gasteiger partial charge in [0, 0.05) is 5.54 Å². The maximum Gasteiger partial charge on any atom is 0.490 e. The summed E-state index contributed by atoms with van der Waals surface area (Å²) >= 11 is 0. The first kappa shape index (κ1) is 16.2. The molecule has 4 N–H and O–H groups in total. The Labute approximate surface area is 98.4 Å². The second-order valence-electron chi connectivity index (χ2n) is 4.65. The van der Waals surface area contributed by atoms with E-state index in [0.717, 1.165) is 13.1 Å². The maximum absolute atomic E-state index is 10.6. The minimum absolute atomic E-state index is 0.0299. The molecule has 17 heavy (non-hydrogen) atoms. The van der Waals surface area contributed by atoms with Gasteiger partial charge in [-0.3, -0.25) is 0 Å². The second kappa shape index (κ2) is 6.20. The summed E-state index contributed by atoms with van der Waals surface area (Å²) in [6.45, 7) is 6.54. The molecular weight excluding hydrogens is 237 g/mol. The van der Waals surface area contributed by atoms with Crippen LogP contribution in [0.25, 0.3) is 0 Å². The van der Waals surface area contributed by atoms with Gasteiger partial charge < -0.3 is 16.2 Å². The first-order valence-electron chi connectivity index (χ1n) is 5.35. The molecular formula is C10H19F3N2O2. The Morgan fingerprint density at radius 3 is 1.82 bits per heavy atom. The van der Waals surface area contributed by atoms with Crippen molar-refractivity contribution < 1.29 is 23.1 Å². The molecule has 0 saturated carbocycles. The largest absolute Gasteiger partial charge is 0.490 e. The number of nitrogens with one attached hydrogen (secondary N) is 1. The summed E-state index contributed by atoms with van der Waals surface area (Å²) in [5.41, 5.74) is 6.01. The van der Waals surface area contributed by atoms with E-state index in [-0.39, 0.29) is 5.54 Å². The van der Waals surface area contributed by atoms with E-state index in [1.54, 1.807) is 0 Å². The van der Waals surface area contributed by atoms with Crippen molar-refractivity contribution in [1.29, 1.82) is 0 Å². The number of hydrogen-bond donors (Lipinski definition) is 3. The summed E-state index contributed by atoms with van der Waals surface area (Å²) in [6.07, 6.45) is -2.60. The highest BCUT2D eigenvalue weighted by Crippen LogP contribution is 2.22. The van der Waals surface area contributed by atoms with E-state index in [2.05, 4.69) is 19.2 Å². The van der Waals surface area contributed by atoms with Crippen molar-refractivity contribution >= 4 is 5.97 Å². The monoisotopic (exact) mass is 256 g/mol. The molecule has 0 radical (unpaired) electrons. The lowest BCUT2D eigenvalue weighted by Gasteiger charge is -2.33. The van der Waals surface area contributed by atoms with Crippen LogP contribution in [0, 0.1) is 5.92 Å². The summed E-state index contributed by atoms with van der Waals surface area (Å²) in [6, 6.07) is 0. The fourth-order valence-corrected chi connectivity index (χ4v) is 1.57. The third-order valence-electron chi connectivity index (χ3n) is 2.63. The standard InChI is InChI=1S/C8H18N2.C2HF3O2/c1-8(2,9)7-3-5-10-6-4-7;3-2(4,5)1(6)7/h7,10H,3-6,9H2,1-2H3;(H,6,7). The quantitative estimate of drug-likeness (QED) is 0.662. The van der Waals surface area contributed by atoms with Crippen molar-refractivity contribution in [2.45, 2.75) is 38.4 Å². The van der Waals surface area contributed by atoms with Crippen LogP contribution in [0.1, 0.15) is 26.7 Å². The van der Waals surface area contributed by atoms with E-state index in [0.29, 0.717) is 5.92 Å². The van der Waals surface area contributed by atoms with Crippen LogP contribution in [0.4, 0.5) is 13.2 Å². The minimum atomic E-state index is -5.08. The van der Waals surface area contributed by atoms with Crippen LogP contribution in [-0.4, -0.2) is 35.9 Å². The molecule has 1 heterocycles. The van der Waals surface area contributed by atoms with Gasteiger partial charge >= 0.3 is 12.1 Å². The molecule has 0 aromatic rings. The Balaban J connectivity index is 0.000000325. The molecule has 0 aromatic carbocycles. The molecule has 0 unspecified atom stereocenters. The SMILES string of the molecule is CC(C)(N)C1CCNCC1.O=C(O)C(F)(F)F. The highest BCUT2D eigenvalue weighted by atomic mass is 19.4. The van der Waals surface area contributed by atoms with Gasteiger partial charge in [-0.2, -0.15) is 13.2 Å². The molecule has 0 amide bonds. The van der Waals surface area contributed by atoms with Gasteiger partial charge in [0.2, 0.25) is 0 Å². The number of rotatable bonds is 1. The first-order chi connectivity index (χ1) is 7.55. The zero-order chi connectivity index (χ0) is 13.7. The normalized spacial score (nSPS) is 18.2. The fourth-order valence-electron chi connectivity index (χ4n) is 1.57. The molecule has 1 aliphatic heterocycles. The molecule has 4 nitrogen and oxygen atoms in total. The molecule has 0 spiro atoms. The van der Waals surface area contributed by atoms with E-state index in [4.69, 9.17) is 15.6 Å². The number of piperidine rings is 1. The number of nitrogens with two attached hydrogens (primary N) is 1. The van der Waals surface area contributed by atoms with Crippen molar-refractivity contribution in [3.05, 3.63) is 0 Å². The summed E-state index contributed by atoms with van der Waals surface area (Å²) in [4.78, 5) is 8.90. The van der Waals surface area contributed by atoms with E-state index < -0.39 is 12.1 Å². The molecule has 1 saturated heterocycles. The van der Waals surface area contributed by atoms with Gasteiger partial charge in [-0.25, -0.2) is 4.79 Å². The molecule has 0 atom stereocenters. The molecule has 0 bridgehead atoms. The van der Waals surface area contributed by atoms with E-state index in [1.807, 2.05) is 0 Å². The van der Waals surface area contributed by atoms with Gasteiger partial charge in [0.05, 0.1) is 0 Å². The van der Waals surface area contributed by atoms with Gasteiger partial charge in [-0.05, 0) is 45.7 Å². The van der Waals surface area contributed by atoms with Gasteiger partial charge in [0.15, 0.2) is 0 Å². The average molecular weight is 256 g/mol.